The molecule has 23 heavy (non-hydrogen) atoms. The zero-order valence-corrected chi connectivity index (χ0v) is 14.1. The third-order valence-electron chi connectivity index (χ3n) is 4.03. The van der Waals surface area contributed by atoms with Crippen molar-refractivity contribution in [2.24, 2.45) is 0 Å². The fourth-order valence-corrected chi connectivity index (χ4v) is 2.72. The molecule has 2 N–H and O–H groups in total. The van der Waals surface area contributed by atoms with Crippen LogP contribution in [0.15, 0.2) is 18.2 Å². The number of carbonyl (C=O) groups is 1. The predicted octanol–water partition coefficient (Wildman–Crippen LogP) is 2.63. The summed E-state index contributed by atoms with van der Waals surface area (Å²) in [6, 6.07) is 5.15. The molecule has 1 aromatic carbocycles. The number of urea groups is 1. The van der Waals surface area contributed by atoms with Crippen molar-refractivity contribution in [2.45, 2.75) is 38.3 Å². The summed E-state index contributed by atoms with van der Waals surface area (Å²) in [4.78, 5) is 12.0. The SMILES string of the molecule is COc1ccc(OC)c(C(C)NC(=O)NCCC2CCCO2)c1. The first-order chi connectivity index (χ1) is 11.1. The highest BCUT2D eigenvalue weighted by Gasteiger charge is 2.17. The van der Waals surface area contributed by atoms with Gasteiger partial charge in [-0.2, -0.15) is 0 Å². The fourth-order valence-electron chi connectivity index (χ4n) is 2.72. The van der Waals surface area contributed by atoms with E-state index < -0.39 is 0 Å². The minimum atomic E-state index is -0.194. The van der Waals surface area contributed by atoms with Gasteiger partial charge in [0, 0.05) is 18.7 Å². The van der Waals surface area contributed by atoms with Crippen molar-refractivity contribution in [3.63, 3.8) is 0 Å². The van der Waals surface area contributed by atoms with Gasteiger partial charge < -0.3 is 24.8 Å². The Hall–Kier alpha value is -1.95. The fraction of sp³-hybridized carbons (Fsp3) is 0.588. The van der Waals surface area contributed by atoms with E-state index in [-0.39, 0.29) is 18.2 Å². The molecule has 0 saturated carbocycles. The summed E-state index contributed by atoms with van der Waals surface area (Å²) < 4.78 is 16.1. The highest BCUT2D eigenvalue weighted by molar-refractivity contribution is 5.74. The van der Waals surface area contributed by atoms with Gasteiger partial charge in [0.25, 0.3) is 0 Å². The standard InChI is InChI=1S/C17H26N2O4/c1-12(15-11-14(21-2)6-7-16(15)22-3)19-17(20)18-9-8-13-5-4-10-23-13/h6-7,11-13H,4-5,8-10H2,1-3H3,(H2,18,19,20). The number of ether oxygens (including phenoxy) is 3. The van der Waals surface area contributed by atoms with Crippen LogP contribution in [0.3, 0.4) is 0 Å². The second-order valence-corrected chi connectivity index (χ2v) is 5.65. The van der Waals surface area contributed by atoms with Crippen molar-refractivity contribution in [3.05, 3.63) is 23.8 Å². The minimum Gasteiger partial charge on any atom is -0.497 e. The number of amides is 2. The normalized spacial score (nSPS) is 18.3. The van der Waals surface area contributed by atoms with Crippen LogP contribution in [-0.4, -0.2) is 39.5 Å². The number of benzene rings is 1. The molecular weight excluding hydrogens is 296 g/mol. The number of hydrogen-bond donors (Lipinski definition) is 2. The number of nitrogens with one attached hydrogen (secondary N) is 2. The Morgan fingerprint density at radius 3 is 2.87 bits per heavy atom. The maximum Gasteiger partial charge on any atom is 0.315 e. The van der Waals surface area contributed by atoms with Crippen LogP contribution >= 0.6 is 0 Å². The van der Waals surface area contributed by atoms with Gasteiger partial charge in [-0.1, -0.05) is 0 Å². The van der Waals surface area contributed by atoms with Gasteiger partial charge in [-0.05, 0) is 44.4 Å². The first kappa shape index (κ1) is 17.4. The molecule has 0 spiro atoms. The molecule has 128 valence electrons. The number of methoxy groups -OCH3 is 2. The maximum atomic E-state index is 12.0. The Morgan fingerprint density at radius 2 is 2.22 bits per heavy atom. The Balaban J connectivity index is 1.84. The van der Waals surface area contributed by atoms with Gasteiger partial charge in [0.1, 0.15) is 11.5 Å². The van der Waals surface area contributed by atoms with Crippen molar-refractivity contribution in [2.75, 3.05) is 27.4 Å². The lowest BCUT2D eigenvalue weighted by Gasteiger charge is -2.19. The molecule has 0 bridgehead atoms. The van der Waals surface area contributed by atoms with Crippen LogP contribution in [0.25, 0.3) is 0 Å². The lowest BCUT2D eigenvalue weighted by Crippen LogP contribution is -2.38. The molecule has 2 atom stereocenters. The van der Waals surface area contributed by atoms with Gasteiger partial charge in [0.15, 0.2) is 0 Å². The Bertz CT molecular complexity index is 515. The summed E-state index contributed by atoms with van der Waals surface area (Å²) in [7, 11) is 3.22. The molecular formula is C17H26N2O4. The molecule has 2 rings (SSSR count). The summed E-state index contributed by atoms with van der Waals surface area (Å²) in [5, 5.41) is 5.80. The summed E-state index contributed by atoms with van der Waals surface area (Å²) in [6.45, 7) is 3.36. The van der Waals surface area contributed by atoms with Crippen molar-refractivity contribution in [1.29, 1.82) is 0 Å². The minimum absolute atomic E-state index is 0.192. The molecule has 6 heteroatoms. The molecule has 0 aliphatic carbocycles. The van der Waals surface area contributed by atoms with Crippen LogP contribution < -0.4 is 20.1 Å². The Kier molecular flexibility index (Phi) is 6.52. The number of rotatable bonds is 7. The van der Waals surface area contributed by atoms with E-state index in [2.05, 4.69) is 10.6 Å². The van der Waals surface area contributed by atoms with E-state index in [0.717, 1.165) is 42.9 Å². The third kappa shape index (κ3) is 5.03. The Morgan fingerprint density at radius 1 is 1.39 bits per heavy atom. The van der Waals surface area contributed by atoms with Crippen LogP contribution in [0.4, 0.5) is 4.79 Å². The van der Waals surface area contributed by atoms with Gasteiger partial charge >= 0.3 is 6.03 Å². The summed E-state index contributed by atoms with van der Waals surface area (Å²) >= 11 is 0. The van der Waals surface area contributed by atoms with E-state index in [1.54, 1.807) is 14.2 Å². The average molecular weight is 322 g/mol. The quantitative estimate of drug-likeness (QED) is 0.810. The van der Waals surface area contributed by atoms with Gasteiger partial charge in [-0.3, -0.25) is 0 Å². The second kappa shape index (κ2) is 8.62. The lowest BCUT2D eigenvalue weighted by atomic mass is 10.1. The lowest BCUT2D eigenvalue weighted by molar-refractivity contribution is 0.104. The molecule has 2 amide bonds. The zero-order valence-electron chi connectivity index (χ0n) is 14.1. The number of carbonyl (C=O) groups excluding carboxylic acids is 1. The van der Waals surface area contributed by atoms with Gasteiger partial charge in [-0.15, -0.1) is 0 Å². The van der Waals surface area contributed by atoms with E-state index >= 15 is 0 Å². The van der Waals surface area contributed by atoms with Crippen molar-refractivity contribution in [1.82, 2.24) is 10.6 Å². The maximum absolute atomic E-state index is 12.0. The van der Waals surface area contributed by atoms with Gasteiger partial charge in [0.2, 0.25) is 0 Å². The van der Waals surface area contributed by atoms with Crippen LogP contribution in [0.2, 0.25) is 0 Å². The van der Waals surface area contributed by atoms with Crippen molar-refractivity contribution >= 4 is 6.03 Å². The van der Waals surface area contributed by atoms with Gasteiger partial charge in [0.05, 0.1) is 26.4 Å². The summed E-state index contributed by atoms with van der Waals surface area (Å²) in [5.74, 6) is 1.45. The van der Waals surface area contributed by atoms with Crippen LogP contribution in [-0.2, 0) is 4.74 Å². The first-order valence-corrected chi connectivity index (χ1v) is 8.02. The third-order valence-corrected chi connectivity index (χ3v) is 4.03. The molecule has 2 unspecified atom stereocenters. The molecule has 1 saturated heterocycles. The first-order valence-electron chi connectivity index (χ1n) is 8.02. The van der Waals surface area contributed by atoms with Gasteiger partial charge in [-0.25, -0.2) is 4.79 Å². The number of hydrogen-bond acceptors (Lipinski definition) is 4. The highest BCUT2D eigenvalue weighted by atomic mass is 16.5. The summed E-state index contributed by atoms with van der Waals surface area (Å²) in [5.41, 5.74) is 0.876. The van der Waals surface area contributed by atoms with E-state index in [1.807, 2.05) is 25.1 Å². The van der Waals surface area contributed by atoms with E-state index in [1.165, 1.54) is 0 Å². The van der Waals surface area contributed by atoms with E-state index in [0.29, 0.717) is 6.54 Å². The predicted molar refractivity (Wildman–Crippen MR) is 88.1 cm³/mol. The van der Waals surface area contributed by atoms with Crippen LogP contribution in [0, 0.1) is 0 Å². The zero-order chi connectivity index (χ0) is 16.7. The van der Waals surface area contributed by atoms with Crippen LogP contribution in [0.5, 0.6) is 11.5 Å². The van der Waals surface area contributed by atoms with E-state index in [4.69, 9.17) is 14.2 Å². The van der Waals surface area contributed by atoms with Crippen molar-refractivity contribution in [3.8, 4) is 11.5 Å². The molecule has 1 aromatic rings. The molecule has 1 heterocycles. The van der Waals surface area contributed by atoms with E-state index in [9.17, 15) is 4.79 Å². The van der Waals surface area contributed by atoms with Crippen molar-refractivity contribution < 1.29 is 19.0 Å². The molecule has 1 aliphatic heterocycles. The average Bonchev–Trinajstić information content (AvgIpc) is 3.07. The molecule has 6 nitrogen and oxygen atoms in total. The largest absolute Gasteiger partial charge is 0.497 e. The smallest absolute Gasteiger partial charge is 0.315 e. The molecule has 0 radical (unpaired) electrons. The molecule has 0 aromatic heterocycles. The summed E-state index contributed by atoms with van der Waals surface area (Å²) in [6.07, 6.45) is 3.33. The van der Waals surface area contributed by atoms with Crippen LogP contribution in [0.1, 0.15) is 37.8 Å². The topological polar surface area (TPSA) is 68.8 Å². The molecule has 1 aliphatic rings. The molecule has 1 fully saturated rings. The highest BCUT2D eigenvalue weighted by Crippen LogP contribution is 2.29. The second-order valence-electron chi connectivity index (χ2n) is 5.65. The monoisotopic (exact) mass is 322 g/mol. The Labute approximate surface area is 137 Å².